The lowest BCUT2D eigenvalue weighted by Gasteiger charge is -2.25. The molecule has 0 N–H and O–H groups in total. The maximum Gasteiger partial charge on any atom is 0.0433 e. The predicted octanol–water partition coefficient (Wildman–Crippen LogP) is 10.6. The van der Waals surface area contributed by atoms with Gasteiger partial charge in [-0.1, -0.05) is 170 Å². The standard InChI is InChI=1S/C55H43N/c1-3-15-41-17-8-9-19-43(41)34-35-56(53-25-14-7-16-39(53)2)38-40-26-28-44(29-27-40)47-32-33-51-52(37-47)55(48-31-30-42-18-10-11-22-46(42)36-48)50-24-13-12-23-49(50)54(51)45-20-5-4-6-21-45/h1,4-11,14-34,36-37H,12-13,35,38H2,2H3/b41-15-,43-34-. The molecule has 1 heteroatoms. The van der Waals surface area contributed by atoms with Crippen LogP contribution in [0.5, 0.6) is 0 Å². The second-order valence-corrected chi connectivity index (χ2v) is 14.8. The van der Waals surface area contributed by atoms with Gasteiger partial charge in [0.25, 0.3) is 0 Å². The molecule has 0 atom stereocenters. The van der Waals surface area contributed by atoms with Crippen LogP contribution in [0.25, 0.3) is 79.2 Å². The number of nitrogens with zero attached hydrogens (tertiary/aromatic N) is 1. The first-order valence-corrected chi connectivity index (χ1v) is 19.6. The summed E-state index contributed by atoms with van der Waals surface area (Å²) in [5.41, 5.74) is 11.3. The van der Waals surface area contributed by atoms with Crippen LogP contribution in [-0.4, -0.2) is 6.54 Å². The fourth-order valence-corrected chi connectivity index (χ4v) is 8.48. The van der Waals surface area contributed by atoms with Gasteiger partial charge in [-0.05, 0) is 131 Å². The molecule has 1 nitrogen and oxygen atoms in total. The van der Waals surface area contributed by atoms with Gasteiger partial charge in [0.15, 0.2) is 0 Å². The number of fused-ring (bicyclic) bond motifs is 3. The highest BCUT2D eigenvalue weighted by molar-refractivity contribution is 6.08. The van der Waals surface area contributed by atoms with Crippen molar-refractivity contribution in [2.24, 2.45) is 0 Å². The van der Waals surface area contributed by atoms with Crippen LogP contribution in [-0.2, 0) is 6.54 Å². The summed E-state index contributed by atoms with van der Waals surface area (Å²) in [6.07, 6.45) is 16.8. The van der Waals surface area contributed by atoms with Gasteiger partial charge >= 0.3 is 0 Å². The van der Waals surface area contributed by atoms with E-state index in [0.717, 1.165) is 36.4 Å². The number of benzene rings is 8. The van der Waals surface area contributed by atoms with Crippen molar-refractivity contribution in [3.05, 3.63) is 196 Å². The van der Waals surface area contributed by atoms with E-state index >= 15 is 0 Å². The number of rotatable bonds is 8. The van der Waals surface area contributed by atoms with E-state index in [-0.39, 0.29) is 0 Å². The zero-order valence-electron chi connectivity index (χ0n) is 31.8. The number of para-hydroxylation sites is 1. The third kappa shape index (κ3) is 6.83. The normalized spacial score (nSPS) is 12.9. The number of anilines is 1. The highest BCUT2D eigenvalue weighted by Gasteiger charge is 2.18. The second-order valence-electron chi connectivity index (χ2n) is 14.8. The number of hydrogen-bond acceptors (Lipinski definition) is 1. The van der Waals surface area contributed by atoms with Crippen LogP contribution in [0.4, 0.5) is 5.69 Å². The molecule has 0 heterocycles. The molecule has 0 bridgehead atoms. The lowest BCUT2D eigenvalue weighted by atomic mass is 9.85. The largest absolute Gasteiger partial charge is 0.363 e. The van der Waals surface area contributed by atoms with Crippen LogP contribution in [0, 0.1) is 19.3 Å². The quantitative estimate of drug-likeness (QED) is 0.142. The Morgan fingerprint density at radius 3 is 1.96 bits per heavy atom. The Bertz CT molecular complexity index is 3040. The molecule has 0 spiro atoms. The second kappa shape index (κ2) is 15.5. The molecule has 1 aliphatic rings. The van der Waals surface area contributed by atoms with Crippen molar-refractivity contribution in [1.29, 1.82) is 0 Å². The maximum absolute atomic E-state index is 5.66. The molecule has 0 amide bonds. The van der Waals surface area contributed by atoms with Crippen molar-refractivity contribution in [1.82, 2.24) is 0 Å². The first-order valence-electron chi connectivity index (χ1n) is 19.6. The zero-order valence-corrected chi connectivity index (χ0v) is 31.8. The number of aryl methyl sites for hydroxylation is 1. The Morgan fingerprint density at radius 2 is 1.20 bits per heavy atom. The summed E-state index contributed by atoms with van der Waals surface area (Å²) in [6.45, 7) is 3.73. The molecule has 268 valence electrons. The molecule has 0 radical (unpaired) electrons. The van der Waals surface area contributed by atoms with Gasteiger partial charge in [-0.15, -0.1) is 6.42 Å². The summed E-state index contributed by atoms with van der Waals surface area (Å²) < 4.78 is 0. The van der Waals surface area contributed by atoms with Crippen LogP contribution in [0.1, 0.15) is 24.0 Å². The maximum atomic E-state index is 5.66. The van der Waals surface area contributed by atoms with Crippen molar-refractivity contribution in [2.75, 3.05) is 11.4 Å². The minimum atomic E-state index is 0.757. The van der Waals surface area contributed by atoms with E-state index in [9.17, 15) is 0 Å². The van der Waals surface area contributed by atoms with E-state index in [1.54, 1.807) is 0 Å². The van der Waals surface area contributed by atoms with Crippen LogP contribution in [0.2, 0.25) is 0 Å². The lowest BCUT2D eigenvalue weighted by Crippen LogP contribution is -2.31. The van der Waals surface area contributed by atoms with Gasteiger partial charge in [0.1, 0.15) is 0 Å². The fourth-order valence-electron chi connectivity index (χ4n) is 8.48. The molecule has 9 rings (SSSR count). The summed E-state index contributed by atoms with van der Waals surface area (Å²) in [5, 5.41) is 10.0. The molecule has 8 aromatic rings. The van der Waals surface area contributed by atoms with Crippen LogP contribution in [0.15, 0.2) is 164 Å². The fraction of sp³-hybridized carbons (Fsp3) is 0.0909. The Balaban J connectivity index is 1.14. The van der Waals surface area contributed by atoms with Gasteiger partial charge in [0.05, 0.1) is 0 Å². The molecule has 1 aliphatic carbocycles. The first-order chi connectivity index (χ1) is 27.6. The number of hydrogen-bond donors (Lipinski definition) is 0. The summed E-state index contributed by atoms with van der Waals surface area (Å²) in [4.78, 5) is 2.45. The van der Waals surface area contributed by atoms with E-state index in [1.807, 2.05) is 12.1 Å². The van der Waals surface area contributed by atoms with Crippen molar-refractivity contribution in [2.45, 2.75) is 26.3 Å². The minimum Gasteiger partial charge on any atom is -0.363 e. The van der Waals surface area contributed by atoms with Gasteiger partial charge in [0, 0.05) is 18.8 Å². The van der Waals surface area contributed by atoms with Crippen molar-refractivity contribution in [3.63, 3.8) is 0 Å². The summed E-state index contributed by atoms with van der Waals surface area (Å²) >= 11 is 0. The number of terminal acetylenes is 1. The van der Waals surface area contributed by atoms with Crippen LogP contribution < -0.4 is 25.8 Å². The van der Waals surface area contributed by atoms with Crippen LogP contribution in [0.3, 0.4) is 0 Å². The Hall–Kier alpha value is -6.88. The Kier molecular flexibility index (Phi) is 9.63. The highest BCUT2D eigenvalue weighted by atomic mass is 15.1. The molecule has 0 saturated heterocycles. The minimum absolute atomic E-state index is 0.757. The SMILES string of the molecule is C#C/C=c1/cccc/c1=C/CN(Cc1ccc(-c2ccc3c(-c4ccccc4)c4c(c(-c5ccc6ccccc6c5)c3c2)=CCCC=4)cc1)c1ccccc1C. The lowest BCUT2D eigenvalue weighted by molar-refractivity contribution is 0.877. The average molecular weight is 718 g/mol. The molecule has 8 aromatic carbocycles. The van der Waals surface area contributed by atoms with Gasteiger partial charge in [-0.2, -0.15) is 0 Å². The third-order valence-corrected chi connectivity index (χ3v) is 11.2. The predicted molar refractivity (Wildman–Crippen MR) is 241 cm³/mol. The molecule has 0 fully saturated rings. The van der Waals surface area contributed by atoms with Gasteiger partial charge < -0.3 is 4.90 Å². The monoisotopic (exact) mass is 717 g/mol. The summed E-state index contributed by atoms with van der Waals surface area (Å²) in [7, 11) is 0. The Labute approximate surface area is 329 Å². The van der Waals surface area contributed by atoms with E-state index < -0.39 is 0 Å². The van der Waals surface area contributed by atoms with Gasteiger partial charge in [0.2, 0.25) is 0 Å². The van der Waals surface area contributed by atoms with Crippen molar-refractivity contribution < 1.29 is 0 Å². The van der Waals surface area contributed by atoms with E-state index in [2.05, 4.69) is 194 Å². The zero-order chi connectivity index (χ0) is 37.8. The first kappa shape index (κ1) is 34.9. The van der Waals surface area contributed by atoms with E-state index in [1.165, 1.54) is 82.2 Å². The molecular weight excluding hydrogens is 675 g/mol. The van der Waals surface area contributed by atoms with E-state index in [4.69, 9.17) is 6.42 Å². The van der Waals surface area contributed by atoms with Crippen molar-refractivity contribution >= 4 is 51.5 Å². The van der Waals surface area contributed by atoms with Gasteiger partial charge in [-0.25, -0.2) is 0 Å². The summed E-state index contributed by atoms with van der Waals surface area (Å²) in [6, 6.07) is 59.8. The Morgan fingerprint density at radius 1 is 0.554 bits per heavy atom. The molecular formula is C55H43N. The van der Waals surface area contributed by atoms with Gasteiger partial charge in [-0.3, -0.25) is 0 Å². The van der Waals surface area contributed by atoms with Crippen molar-refractivity contribution in [3.8, 4) is 45.7 Å². The smallest absolute Gasteiger partial charge is 0.0433 e. The topological polar surface area (TPSA) is 3.24 Å². The summed E-state index contributed by atoms with van der Waals surface area (Å²) in [5.74, 6) is 2.70. The molecule has 56 heavy (non-hydrogen) atoms. The van der Waals surface area contributed by atoms with E-state index in [0.29, 0.717) is 0 Å². The molecule has 0 saturated carbocycles. The highest BCUT2D eigenvalue weighted by Crippen LogP contribution is 2.36. The molecule has 0 aliphatic heterocycles. The average Bonchev–Trinajstić information content (AvgIpc) is 3.25. The van der Waals surface area contributed by atoms with Crippen LogP contribution >= 0.6 is 0 Å². The molecule has 0 aromatic heterocycles. The third-order valence-electron chi connectivity index (χ3n) is 11.2. The molecule has 0 unspecified atom stereocenters.